The SMILES string of the molecule is C=C.CCOC(=O)/C(O)=C/C(=O)N1CCC(O)CC1. The standard InChI is InChI=1S/C11H17NO5.C2H4/c1-2-17-11(16)9(14)7-10(15)12-5-3-8(13)4-6-12;1-2/h7-8,13-14H,2-6H2,1H3;1-2H2/b9-7-;. The molecule has 1 rings (SSSR count). The maximum Gasteiger partial charge on any atom is 0.373 e. The summed E-state index contributed by atoms with van der Waals surface area (Å²) in [5.74, 6) is -2.04. The van der Waals surface area contributed by atoms with Crippen LogP contribution in [0.4, 0.5) is 0 Å². The van der Waals surface area contributed by atoms with Crippen LogP contribution in [-0.2, 0) is 14.3 Å². The van der Waals surface area contributed by atoms with Crippen LogP contribution in [0.3, 0.4) is 0 Å². The van der Waals surface area contributed by atoms with E-state index in [1.807, 2.05) is 0 Å². The molecule has 0 atom stereocenters. The zero-order valence-corrected chi connectivity index (χ0v) is 11.2. The predicted molar refractivity (Wildman–Crippen MR) is 70.4 cm³/mol. The quantitative estimate of drug-likeness (QED) is 0.343. The Morgan fingerprint density at radius 2 is 1.89 bits per heavy atom. The number of ether oxygens (including phenoxy) is 1. The Balaban J connectivity index is 0.00000154. The van der Waals surface area contributed by atoms with E-state index in [0.29, 0.717) is 25.9 Å². The van der Waals surface area contributed by atoms with Gasteiger partial charge in [0.25, 0.3) is 5.91 Å². The van der Waals surface area contributed by atoms with Crippen LogP contribution in [0.1, 0.15) is 19.8 Å². The lowest BCUT2D eigenvalue weighted by Gasteiger charge is -2.28. The lowest BCUT2D eigenvalue weighted by molar-refractivity contribution is -0.142. The largest absolute Gasteiger partial charge is 0.502 e. The summed E-state index contributed by atoms with van der Waals surface area (Å²) in [4.78, 5) is 24.2. The summed E-state index contributed by atoms with van der Waals surface area (Å²) in [7, 11) is 0. The van der Waals surface area contributed by atoms with Gasteiger partial charge in [-0.3, -0.25) is 4.79 Å². The van der Waals surface area contributed by atoms with Crippen molar-refractivity contribution in [1.29, 1.82) is 0 Å². The first-order chi connectivity index (χ1) is 9.04. The molecule has 0 aromatic heterocycles. The molecule has 0 aliphatic carbocycles. The number of piperidine rings is 1. The lowest BCUT2D eigenvalue weighted by Crippen LogP contribution is -2.39. The van der Waals surface area contributed by atoms with Gasteiger partial charge in [0, 0.05) is 13.1 Å². The second kappa shape index (κ2) is 9.16. The van der Waals surface area contributed by atoms with Crippen LogP contribution in [0.15, 0.2) is 25.0 Å². The number of carbonyl (C=O) groups excluding carboxylic acids is 2. The van der Waals surface area contributed by atoms with Gasteiger partial charge >= 0.3 is 5.97 Å². The molecular weight excluding hydrogens is 250 g/mol. The number of hydrogen-bond acceptors (Lipinski definition) is 5. The monoisotopic (exact) mass is 271 g/mol. The van der Waals surface area contributed by atoms with Gasteiger partial charge in [-0.05, 0) is 19.8 Å². The molecule has 2 N–H and O–H groups in total. The van der Waals surface area contributed by atoms with E-state index in [-0.39, 0.29) is 12.7 Å². The van der Waals surface area contributed by atoms with E-state index in [0.717, 1.165) is 6.08 Å². The van der Waals surface area contributed by atoms with Crippen LogP contribution >= 0.6 is 0 Å². The van der Waals surface area contributed by atoms with Crippen LogP contribution in [0, 0.1) is 0 Å². The summed E-state index contributed by atoms with van der Waals surface area (Å²) in [6, 6.07) is 0. The first-order valence-electron chi connectivity index (χ1n) is 6.09. The summed E-state index contributed by atoms with van der Waals surface area (Å²) in [6.07, 6.45) is 1.51. The van der Waals surface area contributed by atoms with Crippen molar-refractivity contribution in [2.45, 2.75) is 25.9 Å². The molecule has 6 heteroatoms. The number of aliphatic hydroxyl groups excluding tert-OH is 2. The van der Waals surface area contributed by atoms with Gasteiger partial charge < -0.3 is 19.8 Å². The van der Waals surface area contributed by atoms with Gasteiger partial charge in [0.15, 0.2) is 0 Å². The smallest absolute Gasteiger partial charge is 0.373 e. The third kappa shape index (κ3) is 6.05. The third-order valence-electron chi connectivity index (χ3n) is 2.52. The Labute approximate surface area is 113 Å². The number of amides is 1. The maximum atomic E-state index is 11.6. The van der Waals surface area contributed by atoms with Crippen molar-refractivity contribution in [2.75, 3.05) is 19.7 Å². The number of nitrogens with zero attached hydrogens (tertiary/aromatic N) is 1. The van der Waals surface area contributed by atoms with E-state index in [2.05, 4.69) is 17.9 Å². The molecule has 0 saturated carbocycles. The van der Waals surface area contributed by atoms with Crippen molar-refractivity contribution in [3.63, 3.8) is 0 Å². The van der Waals surface area contributed by atoms with E-state index in [1.165, 1.54) is 4.90 Å². The lowest BCUT2D eigenvalue weighted by atomic mass is 10.1. The molecule has 1 amide bonds. The van der Waals surface area contributed by atoms with Crippen LogP contribution in [0.2, 0.25) is 0 Å². The second-order valence-corrected chi connectivity index (χ2v) is 3.81. The Hall–Kier alpha value is -1.82. The molecule has 1 heterocycles. The highest BCUT2D eigenvalue weighted by atomic mass is 16.5. The van der Waals surface area contributed by atoms with E-state index < -0.39 is 17.6 Å². The van der Waals surface area contributed by atoms with E-state index in [1.54, 1.807) is 6.92 Å². The third-order valence-corrected chi connectivity index (χ3v) is 2.52. The highest BCUT2D eigenvalue weighted by Gasteiger charge is 2.21. The minimum Gasteiger partial charge on any atom is -0.502 e. The minimum atomic E-state index is -0.905. The Kier molecular flexibility index (Phi) is 8.28. The van der Waals surface area contributed by atoms with Crippen molar-refractivity contribution < 1.29 is 24.5 Å². The molecule has 108 valence electrons. The molecule has 1 saturated heterocycles. The van der Waals surface area contributed by atoms with Crippen LogP contribution < -0.4 is 0 Å². The van der Waals surface area contributed by atoms with Crippen LogP contribution in [0.25, 0.3) is 0 Å². The maximum absolute atomic E-state index is 11.6. The average Bonchev–Trinajstić information content (AvgIpc) is 2.42. The fourth-order valence-electron chi connectivity index (χ4n) is 1.56. The highest BCUT2D eigenvalue weighted by Crippen LogP contribution is 2.10. The molecule has 0 unspecified atom stereocenters. The summed E-state index contributed by atoms with van der Waals surface area (Å²) < 4.78 is 4.54. The van der Waals surface area contributed by atoms with Crippen molar-refractivity contribution in [2.24, 2.45) is 0 Å². The minimum absolute atomic E-state index is 0.140. The molecule has 1 fully saturated rings. The Morgan fingerprint density at radius 3 is 2.37 bits per heavy atom. The molecule has 6 nitrogen and oxygen atoms in total. The average molecular weight is 271 g/mol. The number of carbonyl (C=O) groups is 2. The topological polar surface area (TPSA) is 87.1 Å². The predicted octanol–water partition coefficient (Wildman–Crippen LogP) is 0.777. The Morgan fingerprint density at radius 1 is 1.37 bits per heavy atom. The number of esters is 1. The number of aliphatic hydroxyl groups is 2. The molecule has 0 spiro atoms. The normalized spacial score (nSPS) is 16.3. The summed E-state index contributed by atoms with van der Waals surface area (Å²) in [5.41, 5.74) is 0. The first kappa shape index (κ1) is 17.2. The summed E-state index contributed by atoms with van der Waals surface area (Å²) in [5, 5.41) is 18.6. The van der Waals surface area contributed by atoms with Crippen molar-refractivity contribution >= 4 is 11.9 Å². The van der Waals surface area contributed by atoms with E-state index >= 15 is 0 Å². The number of rotatable bonds is 3. The summed E-state index contributed by atoms with van der Waals surface area (Å²) in [6.45, 7) is 8.60. The van der Waals surface area contributed by atoms with Gasteiger partial charge in [-0.1, -0.05) is 0 Å². The Bertz CT molecular complexity index is 332. The second-order valence-electron chi connectivity index (χ2n) is 3.81. The molecule has 1 aliphatic rings. The fraction of sp³-hybridized carbons (Fsp3) is 0.538. The van der Waals surface area contributed by atoms with Gasteiger partial charge in [0.05, 0.1) is 18.8 Å². The van der Waals surface area contributed by atoms with E-state index in [4.69, 9.17) is 0 Å². The molecular formula is C13H21NO5. The number of hydrogen-bond donors (Lipinski definition) is 2. The molecule has 0 radical (unpaired) electrons. The van der Waals surface area contributed by atoms with Gasteiger partial charge in [-0.2, -0.15) is 0 Å². The molecule has 19 heavy (non-hydrogen) atoms. The van der Waals surface area contributed by atoms with Gasteiger partial charge in [-0.15, -0.1) is 13.2 Å². The molecule has 1 aliphatic heterocycles. The number of likely N-dealkylation sites (tertiary alicyclic amines) is 1. The van der Waals surface area contributed by atoms with Gasteiger partial charge in [-0.25, -0.2) is 4.79 Å². The van der Waals surface area contributed by atoms with Crippen LogP contribution in [0.5, 0.6) is 0 Å². The van der Waals surface area contributed by atoms with Gasteiger partial charge in [0.2, 0.25) is 5.76 Å². The summed E-state index contributed by atoms with van der Waals surface area (Å²) >= 11 is 0. The fourth-order valence-corrected chi connectivity index (χ4v) is 1.56. The van der Waals surface area contributed by atoms with E-state index in [9.17, 15) is 19.8 Å². The van der Waals surface area contributed by atoms with Crippen molar-refractivity contribution in [3.8, 4) is 0 Å². The van der Waals surface area contributed by atoms with Crippen LogP contribution in [-0.4, -0.2) is 52.8 Å². The molecule has 0 bridgehead atoms. The highest BCUT2D eigenvalue weighted by molar-refractivity contribution is 5.96. The van der Waals surface area contributed by atoms with Crippen molar-refractivity contribution in [1.82, 2.24) is 4.90 Å². The van der Waals surface area contributed by atoms with Gasteiger partial charge in [0.1, 0.15) is 0 Å². The first-order valence-corrected chi connectivity index (χ1v) is 6.09. The zero-order valence-electron chi connectivity index (χ0n) is 11.2. The van der Waals surface area contributed by atoms with Crippen molar-refractivity contribution in [3.05, 3.63) is 25.0 Å². The molecule has 0 aromatic carbocycles. The molecule has 0 aromatic rings. The zero-order chi connectivity index (χ0) is 14.8.